The van der Waals surface area contributed by atoms with Gasteiger partial charge >= 0.3 is 5.69 Å². The number of rotatable bonds is 6. The summed E-state index contributed by atoms with van der Waals surface area (Å²) in [5, 5.41) is 10.6. The predicted molar refractivity (Wildman–Crippen MR) is 113 cm³/mol. The monoisotopic (exact) mass is 432 g/mol. The maximum absolute atomic E-state index is 13.1. The summed E-state index contributed by atoms with van der Waals surface area (Å²) in [6.45, 7) is 1.70. The van der Waals surface area contributed by atoms with E-state index in [1.165, 1.54) is 25.9 Å². The highest BCUT2D eigenvalue weighted by Crippen LogP contribution is 2.42. The molecular weight excluding hydrogens is 412 g/mol. The quantitative estimate of drug-likeness (QED) is 0.465. The fourth-order valence-corrected chi connectivity index (χ4v) is 4.78. The molecule has 1 fully saturated rings. The van der Waals surface area contributed by atoms with E-state index in [0.29, 0.717) is 11.2 Å². The van der Waals surface area contributed by atoms with E-state index >= 15 is 0 Å². The van der Waals surface area contributed by atoms with Crippen molar-refractivity contribution in [3.05, 3.63) is 43.9 Å². The zero-order chi connectivity index (χ0) is 20.9. The fourth-order valence-electron chi connectivity index (χ4n) is 3.10. The Hall–Kier alpha value is -2.66. The Kier molecular flexibility index (Phi) is 4.95. The molecule has 9 nitrogen and oxygen atoms in total. The van der Waals surface area contributed by atoms with Crippen LogP contribution in [0.5, 0.6) is 0 Å². The molecule has 0 spiro atoms. The van der Waals surface area contributed by atoms with Crippen molar-refractivity contribution in [1.82, 2.24) is 23.9 Å². The van der Waals surface area contributed by atoms with Gasteiger partial charge in [-0.2, -0.15) is 0 Å². The van der Waals surface area contributed by atoms with Gasteiger partial charge in [0.15, 0.2) is 16.8 Å². The van der Waals surface area contributed by atoms with Gasteiger partial charge in [0, 0.05) is 20.1 Å². The molecule has 3 heterocycles. The van der Waals surface area contributed by atoms with E-state index in [-0.39, 0.29) is 11.4 Å². The molecule has 1 unspecified atom stereocenters. The van der Waals surface area contributed by atoms with Crippen molar-refractivity contribution in [2.75, 3.05) is 5.73 Å². The highest BCUT2D eigenvalue weighted by molar-refractivity contribution is 8.00. The van der Waals surface area contributed by atoms with Crippen LogP contribution in [0.25, 0.3) is 10.7 Å². The second kappa shape index (κ2) is 7.30. The first-order chi connectivity index (χ1) is 13.8. The van der Waals surface area contributed by atoms with Crippen molar-refractivity contribution < 1.29 is 4.79 Å². The van der Waals surface area contributed by atoms with Crippen LogP contribution in [0.15, 0.2) is 32.3 Å². The van der Waals surface area contributed by atoms with Crippen molar-refractivity contribution in [3.63, 3.8) is 0 Å². The number of carbonyl (C=O) groups excluding carboxylic acids is 1. The number of Topliss-reactive ketones (excluding diaryl/α,β-unsaturated/α-hetero) is 1. The van der Waals surface area contributed by atoms with Gasteiger partial charge in [-0.15, -0.1) is 21.5 Å². The van der Waals surface area contributed by atoms with Crippen LogP contribution < -0.4 is 17.0 Å². The van der Waals surface area contributed by atoms with Crippen LogP contribution in [0.3, 0.4) is 0 Å². The molecule has 1 atom stereocenters. The van der Waals surface area contributed by atoms with Gasteiger partial charge in [0.05, 0.1) is 10.1 Å². The maximum Gasteiger partial charge on any atom is 0.332 e. The molecule has 0 radical (unpaired) electrons. The summed E-state index contributed by atoms with van der Waals surface area (Å²) < 4.78 is 4.07. The first-order valence-corrected chi connectivity index (χ1v) is 10.8. The van der Waals surface area contributed by atoms with Gasteiger partial charge in [-0.25, -0.2) is 4.79 Å². The molecule has 1 aliphatic carbocycles. The lowest BCUT2D eigenvalue weighted by Crippen LogP contribution is -2.42. The number of hydrogen-bond donors (Lipinski definition) is 1. The Morgan fingerprint density at radius 2 is 2.00 bits per heavy atom. The average molecular weight is 433 g/mol. The van der Waals surface area contributed by atoms with Crippen molar-refractivity contribution in [3.8, 4) is 10.7 Å². The predicted octanol–water partition coefficient (Wildman–Crippen LogP) is 1.68. The normalized spacial score (nSPS) is 14.9. The summed E-state index contributed by atoms with van der Waals surface area (Å²) in [6, 6.07) is 4.27. The highest BCUT2D eigenvalue weighted by atomic mass is 32.2. The number of nitrogen functional groups attached to an aromatic ring is 1. The number of hydrogen-bond acceptors (Lipinski definition) is 8. The van der Waals surface area contributed by atoms with Gasteiger partial charge in [0.2, 0.25) is 0 Å². The standard InChI is InChI=1S/C18H20N6O3S2/c1-9(13(25)12-14(19)22(2)18(27)23(3)16(12)26)29-17-21-20-15(11-5-4-8-28-11)24(17)10-6-7-10/h4-5,8-10H,6-7,19H2,1-3H3. The lowest BCUT2D eigenvalue weighted by atomic mass is 10.1. The van der Waals surface area contributed by atoms with Crippen molar-refractivity contribution in [1.29, 1.82) is 0 Å². The first kappa shape index (κ1) is 19.6. The van der Waals surface area contributed by atoms with Crippen LogP contribution in [0.4, 0.5) is 5.82 Å². The average Bonchev–Trinajstić information content (AvgIpc) is 3.22. The Morgan fingerprint density at radius 3 is 2.62 bits per heavy atom. The molecule has 2 N–H and O–H groups in total. The Labute approximate surface area is 174 Å². The van der Waals surface area contributed by atoms with Crippen LogP contribution in [0, 0.1) is 0 Å². The molecule has 0 saturated heterocycles. The number of thiophene rings is 1. The van der Waals surface area contributed by atoms with Crippen LogP contribution in [0.1, 0.15) is 36.2 Å². The molecule has 4 rings (SSSR count). The SMILES string of the molecule is CC(Sc1nnc(-c2cccs2)n1C1CC1)C(=O)c1c(N)n(C)c(=O)n(C)c1=O. The van der Waals surface area contributed by atoms with Crippen molar-refractivity contribution in [2.24, 2.45) is 14.1 Å². The number of thioether (sulfide) groups is 1. The topological polar surface area (TPSA) is 118 Å². The van der Waals surface area contributed by atoms with Gasteiger partial charge in [-0.1, -0.05) is 17.8 Å². The summed E-state index contributed by atoms with van der Waals surface area (Å²) in [6.07, 6.45) is 2.08. The van der Waals surface area contributed by atoms with Gasteiger partial charge in [-0.05, 0) is 31.2 Å². The Bertz CT molecular complexity index is 1200. The van der Waals surface area contributed by atoms with E-state index in [9.17, 15) is 14.4 Å². The Balaban J connectivity index is 1.68. The number of carbonyl (C=O) groups is 1. The second-order valence-electron chi connectivity index (χ2n) is 6.97. The summed E-state index contributed by atoms with van der Waals surface area (Å²) in [4.78, 5) is 38.6. The molecule has 29 heavy (non-hydrogen) atoms. The van der Waals surface area contributed by atoms with Crippen LogP contribution in [-0.2, 0) is 14.1 Å². The zero-order valence-electron chi connectivity index (χ0n) is 16.2. The van der Waals surface area contributed by atoms with Crippen LogP contribution in [-0.4, -0.2) is 34.9 Å². The van der Waals surface area contributed by atoms with Gasteiger partial charge < -0.3 is 5.73 Å². The number of anilines is 1. The molecule has 3 aromatic heterocycles. The molecule has 0 aliphatic heterocycles. The summed E-state index contributed by atoms with van der Waals surface area (Å²) in [7, 11) is 2.76. The minimum absolute atomic E-state index is 0.126. The smallest absolute Gasteiger partial charge is 0.332 e. The third kappa shape index (κ3) is 3.33. The minimum Gasteiger partial charge on any atom is -0.384 e. The van der Waals surface area contributed by atoms with Gasteiger partial charge in [-0.3, -0.25) is 23.3 Å². The fraction of sp³-hybridized carbons (Fsp3) is 0.389. The number of ketones is 1. The largest absolute Gasteiger partial charge is 0.384 e. The summed E-state index contributed by atoms with van der Waals surface area (Å²) >= 11 is 2.83. The van der Waals surface area contributed by atoms with Gasteiger partial charge in [0.1, 0.15) is 11.4 Å². The zero-order valence-corrected chi connectivity index (χ0v) is 17.8. The molecule has 0 aromatic carbocycles. The summed E-state index contributed by atoms with van der Waals surface area (Å²) in [5.74, 6) is 0.229. The van der Waals surface area contributed by atoms with E-state index in [4.69, 9.17) is 5.73 Å². The third-order valence-electron chi connectivity index (χ3n) is 4.93. The molecule has 0 amide bonds. The van der Waals surface area contributed by atoms with E-state index in [1.54, 1.807) is 18.3 Å². The molecule has 0 bridgehead atoms. The van der Waals surface area contributed by atoms with E-state index in [0.717, 1.165) is 32.7 Å². The summed E-state index contributed by atoms with van der Waals surface area (Å²) in [5.41, 5.74) is 4.49. The number of nitrogens with two attached hydrogens (primary N) is 1. The molecular formula is C18H20N6O3S2. The minimum atomic E-state index is -0.689. The van der Waals surface area contributed by atoms with E-state index in [2.05, 4.69) is 14.8 Å². The van der Waals surface area contributed by atoms with Crippen molar-refractivity contribution >= 4 is 34.7 Å². The van der Waals surface area contributed by atoms with Crippen LogP contribution in [0.2, 0.25) is 0 Å². The van der Waals surface area contributed by atoms with Crippen molar-refractivity contribution in [2.45, 2.75) is 36.2 Å². The van der Waals surface area contributed by atoms with E-state index < -0.39 is 22.3 Å². The molecule has 3 aromatic rings. The first-order valence-electron chi connectivity index (χ1n) is 9.06. The molecule has 1 aliphatic rings. The van der Waals surface area contributed by atoms with Gasteiger partial charge in [0.25, 0.3) is 5.56 Å². The second-order valence-corrected chi connectivity index (χ2v) is 9.23. The lowest BCUT2D eigenvalue weighted by Gasteiger charge is -2.15. The molecule has 152 valence electrons. The number of nitrogens with zero attached hydrogens (tertiary/aromatic N) is 5. The molecule has 11 heteroatoms. The third-order valence-corrected chi connectivity index (χ3v) is 6.85. The number of aromatic nitrogens is 5. The van der Waals surface area contributed by atoms with Crippen LogP contribution >= 0.6 is 23.1 Å². The highest BCUT2D eigenvalue weighted by Gasteiger charge is 2.33. The molecule has 1 saturated carbocycles. The lowest BCUT2D eigenvalue weighted by molar-refractivity contribution is 0.0992. The Morgan fingerprint density at radius 1 is 1.28 bits per heavy atom. The van der Waals surface area contributed by atoms with E-state index in [1.807, 2.05) is 17.5 Å². The maximum atomic E-state index is 13.1.